The Kier molecular flexibility index (Phi) is 3.83. The first-order valence-electron chi connectivity index (χ1n) is 11.1. The molecule has 4 bridgehead atoms. The molecule has 3 nitrogen and oxygen atoms in total. The molecule has 1 saturated heterocycles. The quantitative estimate of drug-likeness (QED) is 0.320. The molecule has 5 unspecified atom stereocenters. The Hall–Kier alpha value is -1.29. The zero-order valence-electron chi connectivity index (χ0n) is 16.5. The third kappa shape index (κ3) is 2.56. The summed E-state index contributed by atoms with van der Waals surface area (Å²) in [7, 11) is 0.286. The normalized spacial score (nSPS) is 40.4. The van der Waals surface area contributed by atoms with Crippen molar-refractivity contribution in [1.29, 1.82) is 0 Å². The minimum Gasteiger partial charge on any atom is -0.426 e. The van der Waals surface area contributed by atoms with Gasteiger partial charge in [-0.05, 0) is 110 Å². The molecule has 7 rings (SSSR count). The zero-order chi connectivity index (χ0) is 18.9. The predicted molar refractivity (Wildman–Crippen MR) is 111 cm³/mol. The van der Waals surface area contributed by atoms with E-state index in [0.717, 1.165) is 42.6 Å². The molecule has 5 aliphatic carbocycles. The van der Waals surface area contributed by atoms with Crippen molar-refractivity contribution >= 4 is 22.6 Å². The molecule has 5 saturated carbocycles. The second-order valence-electron chi connectivity index (χ2n) is 10.3. The number of benzene rings is 1. The summed E-state index contributed by atoms with van der Waals surface area (Å²) in [6.45, 7) is 0. The van der Waals surface area contributed by atoms with Gasteiger partial charge >= 0.3 is 5.97 Å². The van der Waals surface area contributed by atoms with Gasteiger partial charge in [0, 0.05) is 5.56 Å². The van der Waals surface area contributed by atoms with Crippen LogP contribution in [0.25, 0.3) is 0 Å². The molecule has 1 aromatic rings. The Balaban J connectivity index is 1.13. The van der Waals surface area contributed by atoms with Gasteiger partial charge in [-0.1, -0.05) is 0 Å². The summed E-state index contributed by atoms with van der Waals surface area (Å²) in [5.41, 5.74) is 1.02. The number of rotatable bonds is 5. The first-order chi connectivity index (χ1) is 13.6. The van der Waals surface area contributed by atoms with Crippen molar-refractivity contribution in [3.63, 3.8) is 0 Å². The highest BCUT2D eigenvalue weighted by Gasteiger charge is 2.72. The maximum absolute atomic E-state index is 13.2. The Morgan fingerprint density at radius 3 is 2.61 bits per heavy atom. The first-order valence-corrected chi connectivity index (χ1v) is 12.8. The van der Waals surface area contributed by atoms with Crippen LogP contribution in [0.5, 0.6) is 5.75 Å². The van der Waals surface area contributed by atoms with Crippen molar-refractivity contribution in [2.24, 2.45) is 28.6 Å². The number of ether oxygens (including phenoxy) is 1. The van der Waals surface area contributed by atoms with Gasteiger partial charge in [-0.15, -0.1) is 0 Å². The van der Waals surface area contributed by atoms with E-state index in [1.807, 2.05) is 24.3 Å². The summed E-state index contributed by atoms with van der Waals surface area (Å²) in [4.78, 5) is 25.7. The van der Waals surface area contributed by atoms with E-state index in [1.165, 1.54) is 43.6 Å². The standard InChI is InChI=1S/C24H29O3S/c25-21(14-28-7-1-2-8-28)17-3-5-19(6-4-17)27-22(26)24-11-16-9-18-12-23(10-16,15-24)20(18)13-24/h3-6,16,18,20H,1-2,7-15H2/q+1. The predicted octanol–water partition coefficient (Wildman–Crippen LogP) is 4.40. The maximum Gasteiger partial charge on any atom is 0.317 e. The highest BCUT2D eigenvalue weighted by molar-refractivity contribution is 7.97. The van der Waals surface area contributed by atoms with Gasteiger partial charge < -0.3 is 4.74 Å². The van der Waals surface area contributed by atoms with Gasteiger partial charge in [0.15, 0.2) is 5.75 Å². The van der Waals surface area contributed by atoms with Crippen LogP contribution in [-0.2, 0) is 15.7 Å². The molecule has 28 heavy (non-hydrogen) atoms. The summed E-state index contributed by atoms with van der Waals surface area (Å²) < 4.78 is 5.88. The molecule has 4 heteroatoms. The summed E-state index contributed by atoms with van der Waals surface area (Å²) in [5, 5.41) is 0. The van der Waals surface area contributed by atoms with E-state index >= 15 is 0 Å². The molecule has 148 valence electrons. The van der Waals surface area contributed by atoms with Crippen LogP contribution in [0.2, 0.25) is 0 Å². The molecule has 1 heterocycles. The molecular weight excluding hydrogens is 368 g/mol. The fourth-order valence-corrected chi connectivity index (χ4v) is 9.96. The van der Waals surface area contributed by atoms with E-state index in [9.17, 15) is 9.59 Å². The average Bonchev–Trinajstić information content (AvgIpc) is 3.22. The van der Waals surface area contributed by atoms with E-state index < -0.39 is 0 Å². The minimum absolute atomic E-state index is 0.00172. The van der Waals surface area contributed by atoms with E-state index in [0.29, 0.717) is 16.9 Å². The fraction of sp³-hybridized carbons (Fsp3) is 0.667. The number of Topliss-reactive ketones (excluding diaryl/α,β-unsaturated/α-hetero) is 1. The molecule has 5 atom stereocenters. The van der Waals surface area contributed by atoms with Crippen LogP contribution in [-0.4, -0.2) is 29.0 Å². The lowest BCUT2D eigenvalue weighted by Crippen LogP contribution is -2.52. The number of hydrogen-bond acceptors (Lipinski definition) is 3. The van der Waals surface area contributed by atoms with Crippen LogP contribution in [0.3, 0.4) is 0 Å². The first kappa shape index (κ1) is 17.6. The van der Waals surface area contributed by atoms with Crippen LogP contribution >= 0.6 is 0 Å². The van der Waals surface area contributed by atoms with Gasteiger partial charge in [0.05, 0.1) is 5.41 Å². The van der Waals surface area contributed by atoms with Crippen LogP contribution in [0.1, 0.15) is 61.7 Å². The van der Waals surface area contributed by atoms with Crippen molar-refractivity contribution in [3.8, 4) is 5.75 Å². The molecule has 1 aliphatic heterocycles. The third-order valence-electron chi connectivity index (χ3n) is 8.61. The van der Waals surface area contributed by atoms with Crippen molar-refractivity contribution in [2.45, 2.75) is 51.4 Å². The largest absolute Gasteiger partial charge is 0.426 e. The molecule has 0 aromatic heterocycles. The number of esters is 1. The summed E-state index contributed by atoms with van der Waals surface area (Å²) in [6.07, 6.45) is 9.79. The monoisotopic (exact) mass is 397 g/mol. The molecule has 6 fully saturated rings. The average molecular weight is 398 g/mol. The topological polar surface area (TPSA) is 43.4 Å². The summed E-state index contributed by atoms with van der Waals surface area (Å²) >= 11 is 0. The van der Waals surface area contributed by atoms with Crippen molar-refractivity contribution in [1.82, 2.24) is 0 Å². The summed E-state index contributed by atoms with van der Waals surface area (Å²) in [6, 6.07) is 7.34. The van der Waals surface area contributed by atoms with Gasteiger partial charge in [-0.25, -0.2) is 0 Å². The van der Waals surface area contributed by atoms with Crippen molar-refractivity contribution in [3.05, 3.63) is 29.8 Å². The molecule has 0 N–H and O–H groups in total. The highest BCUT2D eigenvalue weighted by Crippen LogP contribution is 2.78. The Morgan fingerprint density at radius 1 is 1.04 bits per heavy atom. The van der Waals surface area contributed by atoms with E-state index in [2.05, 4.69) is 0 Å². The lowest BCUT2D eigenvalue weighted by atomic mass is 9.44. The van der Waals surface area contributed by atoms with Gasteiger partial charge in [-0.2, -0.15) is 0 Å². The lowest BCUT2D eigenvalue weighted by Gasteiger charge is -2.60. The number of fused-ring (bicyclic) bond motifs is 1. The SMILES string of the molecule is O=C(C[S+]1CCCC1)c1ccc(OC(=O)C23CC4CC5CC(C4)(C2)C5C3)cc1. The van der Waals surface area contributed by atoms with Crippen LogP contribution in [0.15, 0.2) is 24.3 Å². The van der Waals surface area contributed by atoms with E-state index in [4.69, 9.17) is 4.74 Å². The third-order valence-corrected chi connectivity index (χ3v) is 11.0. The Morgan fingerprint density at radius 2 is 1.82 bits per heavy atom. The Labute approximate surface area is 169 Å². The van der Waals surface area contributed by atoms with Crippen molar-refractivity contribution < 1.29 is 14.3 Å². The van der Waals surface area contributed by atoms with E-state index in [-0.39, 0.29) is 28.1 Å². The number of ketones is 1. The van der Waals surface area contributed by atoms with Crippen LogP contribution < -0.4 is 4.74 Å². The fourth-order valence-electron chi connectivity index (χ4n) is 7.70. The molecular formula is C24H29O3S+. The molecule has 0 amide bonds. The molecule has 0 radical (unpaired) electrons. The van der Waals surface area contributed by atoms with E-state index in [1.54, 1.807) is 0 Å². The van der Waals surface area contributed by atoms with Crippen LogP contribution in [0, 0.1) is 28.6 Å². The molecule has 1 aromatic carbocycles. The van der Waals surface area contributed by atoms with Gasteiger partial charge in [0.1, 0.15) is 17.3 Å². The second-order valence-corrected chi connectivity index (χ2v) is 12.6. The Bertz CT molecular complexity index is 825. The lowest BCUT2D eigenvalue weighted by molar-refractivity contribution is -0.154. The molecule has 6 aliphatic rings. The van der Waals surface area contributed by atoms with Gasteiger partial charge in [0.25, 0.3) is 0 Å². The number of carbonyl (C=O) groups excluding carboxylic acids is 2. The maximum atomic E-state index is 13.2. The number of carbonyl (C=O) groups is 2. The minimum atomic E-state index is -0.225. The molecule has 1 spiro atoms. The summed E-state index contributed by atoms with van der Waals surface area (Å²) in [5.74, 6) is 6.38. The van der Waals surface area contributed by atoms with Gasteiger partial charge in [0.2, 0.25) is 5.78 Å². The zero-order valence-corrected chi connectivity index (χ0v) is 17.3. The smallest absolute Gasteiger partial charge is 0.317 e. The number of hydrogen-bond donors (Lipinski definition) is 0. The second kappa shape index (κ2) is 6.10. The van der Waals surface area contributed by atoms with Gasteiger partial charge in [-0.3, -0.25) is 9.59 Å². The van der Waals surface area contributed by atoms with Crippen molar-refractivity contribution in [2.75, 3.05) is 17.3 Å². The highest BCUT2D eigenvalue weighted by atomic mass is 32.2. The van der Waals surface area contributed by atoms with Crippen LogP contribution in [0.4, 0.5) is 0 Å².